The number of ketones is 1. The second kappa shape index (κ2) is 8.31. The van der Waals surface area contributed by atoms with Crippen molar-refractivity contribution in [2.45, 2.75) is 53.4 Å². The number of ether oxygens (including phenoxy) is 1. The van der Waals surface area contributed by atoms with Crippen molar-refractivity contribution < 1.29 is 9.53 Å². The Labute approximate surface area is 127 Å². The summed E-state index contributed by atoms with van der Waals surface area (Å²) in [5.74, 6) is 1.25. The third-order valence-electron chi connectivity index (χ3n) is 3.32. The number of unbranched alkanes of at least 4 members (excludes halogenated alkanes) is 1. The Morgan fingerprint density at radius 3 is 2.60 bits per heavy atom. The largest absolute Gasteiger partial charge is 0.492 e. The minimum Gasteiger partial charge on any atom is -0.492 e. The first kappa shape index (κ1) is 17.0. The van der Waals surface area contributed by atoms with E-state index in [-0.39, 0.29) is 5.92 Å². The molecule has 0 unspecified atom stereocenters. The lowest BCUT2D eigenvalue weighted by Crippen LogP contribution is -2.06. The molecule has 0 heterocycles. The third-order valence-corrected chi connectivity index (χ3v) is 3.75. The van der Waals surface area contributed by atoms with Crippen molar-refractivity contribution in [2.75, 3.05) is 6.61 Å². The molecular formula is C17H25ClO2. The van der Waals surface area contributed by atoms with Crippen molar-refractivity contribution in [1.29, 1.82) is 0 Å². The number of carbonyl (C=O) groups is 1. The number of hydrogen-bond acceptors (Lipinski definition) is 2. The fraction of sp³-hybridized carbons (Fsp3) is 0.588. The standard InChI is InChI=1S/C17H25ClO2/c1-5-20-16-11-13(4)10-14(17(16)18)8-6-7-9-15(19)12(2)3/h10-12H,5-9H2,1-4H3. The fourth-order valence-electron chi connectivity index (χ4n) is 2.15. The summed E-state index contributed by atoms with van der Waals surface area (Å²) >= 11 is 6.36. The van der Waals surface area contributed by atoms with Crippen molar-refractivity contribution in [1.82, 2.24) is 0 Å². The topological polar surface area (TPSA) is 26.3 Å². The van der Waals surface area contributed by atoms with E-state index in [0.29, 0.717) is 23.8 Å². The molecule has 20 heavy (non-hydrogen) atoms. The van der Waals surface area contributed by atoms with Gasteiger partial charge in [-0.15, -0.1) is 0 Å². The van der Waals surface area contributed by atoms with Crippen LogP contribution in [0.3, 0.4) is 0 Å². The molecule has 0 aliphatic heterocycles. The molecule has 1 aromatic rings. The van der Waals surface area contributed by atoms with E-state index in [4.69, 9.17) is 16.3 Å². The van der Waals surface area contributed by atoms with Gasteiger partial charge in [-0.2, -0.15) is 0 Å². The van der Waals surface area contributed by atoms with Crippen LogP contribution in [0.15, 0.2) is 12.1 Å². The highest BCUT2D eigenvalue weighted by atomic mass is 35.5. The van der Waals surface area contributed by atoms with E-state index in [2.05, 4.69) is 6.07 Å². The zero-order valence-corrected chi connectivity index (χ0v) is 13.7. The van der Waals surface area contributed by atoms with Crippen LogP contribution in [0, 0.1) is 12.8 Å². The van der Waals surface area contributed by atoms with Crippen LogP contribution in [0.4, 0.5) is 0 Å². The molecule has 0 radical (unpaired) electrons. The highest BCUT2D eigenvalue weighted by Crippen LogP contribution is 2.31. The summed E-state index contributed by atoms with van der Waals surface area (Å²) in [4.78, 5) is 11.6. The van der Waals surface area contributed by atoms with Crippen LogP contribution in [-0.4, -0.2) is 12.4 Å². The predicted octanol–water partition coefficient (Wildman–Crippen LogP) is 4.99. The van der Waals surface area contributed by atoms with E-state index >= 15 is 0 Å². The summed E-state index contributed by atoms with van der Waals surface area (Å²) in [6, 6.07) is 4.08. The highest BCUT2D eigenvalue weighted by molar-refractivity contribution is 6.32. The first-order valence-electron chi connectivity index (χ1n) is 7.40. The number of hydrogen-bond donors (Lipinski definition) is 0. The zero-order chi connectivity index (χ0) is 15.1. The van der Waals surface area contributed by atoms with Crippen LogP contribution in [0.1, 0.15) is 51.2 Å². The third kappa shape index (κ3) is 5.16. The minimum absolute atomic E-state index is 0.141. The van der Waals surface area contributed by atoms with Crippen LogP contribution < -0.4 is 4.74 Å². The number of carbonyl (C=O) groups excluding carboxylic acids is 1. The molecule has 1 aromatic carbocycles. The summed E-state index contributed by atoms with van der Waals surface area (Å²) in [7, 11) is 0. The molecule has 112 valence electrons. The monoisotopic (exact) mass is 296 g/mol. The normalized spacial score (nSPS) is 10.9. The molecule has 1 rings (SSSR count). The van der Waals surface area contributed by atoms with E-state index in [0.717, 1.165) is 36.1 Å². The van der Waals surface area contributed by atoms with Gasteiger partial charge >= 0.3 is 0 Å². The van der Waals surface area contributed by atoms with Gasteiger partial charge in [0.2, 0.25) is 0 Å². The molecule has 0 saturated carbocycles. The Morgan fingerprint density at radius 2 is 2.00 bits per heavy atom. The van der Waals surface area contributed by atoms with E-state index in [1.165, 1.54) is 0 Å². The minimum atomic E-state index is 0.141. The van der Waals surface area contributed by atoms with Crippen molar-refractivity contribution in [3.8, 4) is 5.75 Å². The van der Waals surface area contributed by atoms with Crippen molar-refractivity contribution in [3.05, 3.63) is 28.3 Å². The lowest BCUT2D eigenvalue weighted by Gasteiger charge is -2.12. The first-order chi connectivity index (χ1) is 9.45. The number of benzene rings is 1. The average molecular weight is 297 g/mol. The van der Waals surface area contributed by atoms with Crippen molar-refractivity contribution >= 4 is 17.4 Å². The summed E-state index contributed by atoms with van der Waals surface area (Å²) in [5, 5.41) is 0.715. The Hall–Kier alpha value is -1.02. The van der Waals surface area contributed by atoms with Crippen molar-refractivity contribution in [3.63, 3.8) is 0 Å². The van der Waals surface area contributed by atoms with Crippen LogP contribution in [0.2, 0.25) is 5.02 Å². The summed E-state index contributed by atoms with van der Waals surface area (Å²) < 4.78 is 5.55. The van der Waals surface area contributed by atoms with Gasteiger partial charge < -0.3 is 4.74 Å². The zero-order valence-electron chi connectivity index (χ0n) is 13.0. The number of aryl methyl sites for hydroxylation is 2. The lowest BCUT2D eigenvalue weighted by molar-refractivity contribution is -0.122. The SMILES string of the molecule is CCOc1cc(C)cc(CCCCC(=O)C(C)C)c1Cl. The van der Waals surface area contributed by atoms with Gasteiger partial charge in [-0.05, 0) is 50.3 Å². The molecule has 3 heteroatoms. The predicted molar refractivity (Wildman–Crippen MR) is 84.8 cm³/mol. The molecule has 0 amide bonds. The molecule has 0 saturated heterocycles. The van der Waals surface area contributed by atoms with E-state index < -0.39 is 0 Å². The first-order valence-corrected chi connectivity index (χ1v) is 7.78. The molecule has 0 N–H and O–H groups in total. The maximum absolute atomic E-state index is 11.6. The van der Waals surface area contributed by atoms with Gasteiger partial charge in [0.15, 0.2) is 0 Å². The maximum Gasteiger partial charge on any atom is 0.138 e. The smallest absolute Gasteiger partial charge is 0.138 e. The number of halogens is 1. The molecule has 0 bridgehead atoms. The molecule has 0 atom stereocenters. The maximum atomic E-state index is 11.6. The quantitative estimate of drug-likeness (QED) is 0.632. The summed E-state index contributed by atoms with van der Waals surface area (Å²) in [6.07, 6.45) is 3.46. The van der Waals surface area contributed by atoms with Gasteiger partial charge in [-0.1, -0.05) is 31.5 Å². The fourth-order valence-corrected chi connectivity index (χ4v) is 2.41. The van der Waals surface area contributed by atoms with Gasteiger partial charge in [0.1, 0.15) is 11.5 Å². The van der Waals surface area contributed by atoms with Gasteiger partial charge in [-0.25, -0.2) is 0 Å². The second-order valence-corrected chi connectivity index (χ2v) is 5.88. The van der Waals surface area contributed by atoms with Crippen LogP contribution >= 0.6 is 11.6 Å². The Balaban J connectivity index is 2.57. The number of Topliss-reactive ketones (excluding diaryl/α,β-unsaturated/α-hetero) is 1. The molecule has 0 aliphatic rings. The van der Waals surface area contributed by atoms with Crippen LogP contribution in [0.25, 0.3) is 0 Å². The van der Waals surface area contributed by atoms with Gasteiger partial charge in [0.05, 0.1) is 11.6 Å². The molecular weight excluding hydrogens is 272 g/mol. The van der Waals surface area contributed by atoms with E-state index in [1.54, 1.807) is 0 Å². The lowest BCUT2D eigenvalue weighted by atomic mass is 10.00. The summed E-state index contributed by atoms with van der Waals surface area (Å²) in [5.41, 5.74) is 2.28. The molecule has 0 aromatic heterocycles. The average Bonchev–Trinajstić information content (AvgIpc) is 2.39. The Bertz CT molecular complexity index is 453. The molecule has 0 aliphatic carbocycles. The van der Waals surface area contributed by atoms with Crippen LogP contribution in [-0.2, 0) is 11.2 Å². The second-order valence-electron chi connectivity index (χ2n) is 5.50. The molecule has 0 spiro atoms. The van der Waals surface area contributed by atoms with Crippen LogP contribution in [0.5, 0.6) is 5.75 Å². The Kier molecular flexibility index (Phi) is 7.08. The Morgan fingerprint density at radius 1 is 1.30 bits per heavy atom. The summed E-state index contributed by atoms with van der Waals surface area (Å²) in [6.45, 7) is 8.52. The molecule has 2 nitrogen and oxygen atoms in total. The van der Waals surface area contributed by atoms with Crippen molar-refractivity contribution in [2.24, 2.45) is 5.92 Å². The molecule has 0 fully saturated rings. The van der Waals surface area contributed by atoms with Gasteiger partial charge in [0.25, 0.3) is 0 Å². The van der Waals surface area contributed by atoms with E-state index in [1.807, 2.05) is 33.8 Å². The number of rotatable bonds is 8. The van der Waals surface area contributed by atoms with Gasteiger partial charge in [0, 0.05) is 12.3 Å². The van der Waals surface area contributed by atoms with Gasteiger partial charge in [-0.3, -0.25) is 4.79 Å². The van der Waals surface area contributed by atoms with E-state index in [9.17, 15) is 4.79 Å². The highest BCUT2D eigenvalue weighted by Gasteiger charge is 2.10.